The Morgan fingerprint density at radius 2 is 1.76 bits per heavy atom. The zero-order valence-electron chi connectivity index (χ0n) is 12.2. The van der Waals surface area contributed by atoms with Crippen LogP contribution >= 0.6 is 0 Å². The van der Waals surface area contributed by atoms with E-state index in [0.29, 0.717) is 0 Å². The summed E-state index contributed by atoms with van der Waals surface area (Å²) in [4.78, 5) is 2.73. The number of nitrogens with zero attached hydrogens (tertiary/aromatic N) is 1. The van der Waals surface area contributed by atoms with Crippen LogP contribution < -0.4 is 5.32 Å². The summed E-state index contributed by atoms with van der Waals surface area (Å²) in [5.41, 5.74) is 0. The van der Waals surface area contributed by atoms with Gasteiger partial charge in [-0.1, -0.05) is 46.5 Å². The molecular formula is C15H32N2. The molecule has 2 atom stereocenters. The van der Waals surface area contributed by atoms with Crippen molar-refractivity contribution in [2.45, 2.75) is 77.8 Å². The quantitative estimate of drug-likeness (QED) is 0.654. The molecule has 1 fully saturated rings. The molecule has 0 aromatic carbocycles. The van der Waals surface area contributed by atoms with Gasteiger partial charge in [0.05, 0.1) is 0 Å². The lowest BCUT2D eigenvalue weighted by Gasteiger charge is -2.40. The minimum Gasteiger partial charge on any atom is -0.311 e. The molecule has 0 bridgehead atoms. The van der Waals surface area contributed by atoms with Crippen LogP contribution in [-0.4, -0.2) is 36.6 Å². The molecule has 0 amide bonds. The van der Waals surface area contributed by atoms with Crippen LogP contribution in [0.1, 0.15) is 65.7 Å². The molecule has 0 spiro atoms. The average molecular weight is 240 g/mol. The molecule has 1 aliphatic heterocycles. The van der Waals surface area contributed by atoms with E-state index in [2.05, 4.69) is 31.0 Å². The van der Waals surface area contributed by atoms with Crippen LogP contribution in [0.15, 0.2) is 0 Å². The average Bonchev–Trinajstić information content (AvgIpc) is 2.38. The van der Waals surface area contributed by atoms with E-state index in [1.54, 1.807) is 0 Å². The van der Waals surface area contributed by atoms with Crippen molar-refractivity contribution < 1.29 is 0 Å². The fraction of sp³-hybridized carbons (Fsp3) is 1.00. The molecule has 1 saturated heterocycles. The zero-order valence-corrected chi connectivity index (χ0v) is 12.2. The Kier molecular flexibility index (Phi) is 7.87. The Balaban J connectivity index is 2.21. The minimum atomic E-state index is 0.730. The molecule has 0 aromatic rings. The molecular weight excluding hydrogens is 208 g/mol. The predicted molar refractivity (Wildman–Crippen MR) is 76.5 cm³/mol. The lowest BCUT2D eigenvalue weighted by atomic mass is 10.0. The van der Waals surface area contributed by atoms with Crippen LogP contribution in [0.3, 0.4) is 0 Å². The van der Waals surface area contributed by atoms with Crippen molar-refractivity contribution in [2.75, 3.05) is 19.6 Å². The lowest BCUT2D eigenvalue weighted by Crippen LogP contribution is -2.56. The van der Waals surface area contributed by atoms with Crippen molar-refractivity contribution >= 4 is 0 Å². The molecule has 1 aliphatic rings. The van der Waals surface area contributed by atoms with Gasteiger partial charge in [-0.05, 0) is 25.8 Å². The summed E-state index contributed by atoms with van der Waals surface area (Å²) in [6.45, 7) is 10.7. The van der Waals surface area contributed by atoms with Crippen molar-refractivity contribution in [1.29, 1.82) is 0 Å². The maximum atomic E-state index is 3.67. The van der Waals surface area contributed by atoms with Gasteiger partial charge in [-0.3, -0.25) is 4.90 Å². The maximum absolute atomic E-state index is 3.67. The van der Waals surface area contributed by atoms with Crippen LogP contribution in [0.25, 0.3) is 0 Å². The van der Waals surface area contributed by atoms with Crippen molar-refractivity contribution in [3.63, 3.8) is 0 Å². The molecule has 17 heavy (non-hydrogen) atoms. The van der Waals surface area contributed by atoms with E-state index < -0.39 is 0 Å². The predicted octanol–water partition coefficient (Wildman–Crippen LogP) is 3.42. The van der Waals surface area contributed by atoms with Gasteiger partial charge in [0.2, 0.25) is 0 Å². The normalized spacial score (nSPS) is 26.3. The Bertz CT molecular complexity index is 182. The number of piperazine rings is 1. The van der Waals surface area contributed by atoms with Crippen molar-refractivity contribution in [3.05, 3.63) is 0 Å². The van der Waals surface area contributed by atoms with Crippen molar-refractivity contribution in [1.82, 2.24) is 10.2 Å². The van der Waals surface area contributed by atoms with E-state index in [1.165, 1.54) is 64.6 Å². The third-order valence-corrected chi connectivity index (χ3v) is 4.13. The molecule has 0 radical (unpaired) electrons. The molecule has 0 aliphatic carbocycles. The van der Waals surface area contributed by atoms with Gasteiger partial charge < -0.3 is 5.32 Å². The second kappa shape index (κ2) is 8.93. The molecule has 0 saturated carbocycles. The number of hydrogen-bond acceptors (Lipinski definition) is 2. The van der Waals surface area contributed by atoms with Gasteiger partial charge in [0.1, 0.15) is 0 Å². The summed E-state index contributed by atoms with van der Waals surface area (Å²) >= 11 is 0. The zero-order chi connectivity index (χ0) is 12.5. The smallest absolute Gasteiger partial charge is 0.0218 e. The molecule has 2 nitrogen and oxygen atoms in total. The summed E-state index contributed by atoms with van der Waals surface area (Å²) in [6, 6.07) is 1.51. The standard InChI is InChI=1S/C15H32N2/c1-4-7-8-9-10-11-17-13-14(5-2)16-12-15(17)6-3/h14-16H,4-13H2,1-3H3. The molecule has 1 rings (SSSR count). The first-order valence-electron chi connectivity index (χ1n) is 7.79. The number of rotatable bonds is 8. The van der Waals surface area contributed by atoms with Gasteiger partial charge in [-0.25, -0.2) is 0 Å². The number of nitrogens with one attached hydrogen (secondary N) is 1. The Labute approximate surface area is 108 Å². The van der Waals surface area contributed by atoms with Crippen LogP contribution in [-0.2, 0) is 0 Å². The molecule has 102 valence electrons. The van der Waals surface area contributed by atoms with Crippen LogP contribution in [0, 0.1) is 0 Å². The highest BCUT2D eigenvalue weighted by molar-refractivity contribution is 4.84. The van der Waals surface area contributed by atoms with E-state index in [0.717, 1.165) is 12.1 Å². The van der Waals surface area contributed by atoms with E-state index in [1.807, 2.05) is 0 Å². The topological polar surface area (TPSA) is 15.3 Å². The van der Waals surface area contributed by atoms with Gasteiger partial charge >= 0.3 is 0 Å². The van der Waals surface area contributed by atoms with E-state index in [4.69, 9.17) is 0 Å². The highest BCUT2D eigenvalue weighted by Crippen LogP contribution is 2.14. The molecule has 0 aromatic heterocycles. The minimum absolute atomic E-state index is 0.730. The van der Waals surface area contributed by atoms with Crippen LogP contribution in [0.5, 0.6) is 0 Å². The Hall–Kier alpha value is -0.0800. The SMILES string of the molecule is CCCCCCCN1CC(CC)NCC1CC. The van der Waals surface area contributed by atoms with Gasteiger partial charge in [0, 0.05) is 25.2 Å². The van der Waals surface area contributed by atoms with Gasteiger partial charge in [-0.2, -0.15) is 0 Å². The first-order chi connectivity index (χ1) is 8.31. The highest BCUT2D eigenvalue weighted by atomic mass is 15.2. The van der Waals surface area contributed by atoms with Gasteiger partial charge in [-0.15, -0.1) is 0 Å². The molecule has 2 heteroatoms. The monoisotopic (exact) mass is 240 g/mol. The van der Waals surface area contributed by atoms with E-state index >= 15 is 0 Å². The summed E-state index contributed by atoms with van der Waals surface area (Å²) < 4.78 is 0. The highest BCUT2D eigenvalue weighted by Gasteiger charge is 2.24. The summed E-state index contributed by atoms with van der Waals surface area (Å²) in [7, 11) is 0. The maximum Gasteiger partial charge on any atom is 0.0218 e. The molecule has 2 unspecified atom stereocenters. The van der Waals surface area contributed by atoms with Crippen LogP contribution in [0.2, 0.25) is 0 Å². The number of hydrogen-bond donors (Lipinski definition) is 1. The fourth-order valence-electron chi connectivity index (χ4n) is 2.80. The summed E-state index contributed by atoms with van der Waals surface area (Å²) in [5, 5.41) is 3.67. The Morgan fingerprint density at radius 3 is 2.41 bits per heavy atom. The Morgan fingerprint density at radius 1 is 1.00 bits per heavy atom. The summed E-state index contributed by atoms with van der Waals surface area (Å²) in [5.74, 6) is 0. The molecule has 1 N–H and O–H groups in total. The van der Waals surface area contributed by atoms with Gasteiger partial charge in [0.25, 0.3) is 0 Å². The number of unbranched alkanes of at least 4 members (excludes halogenated alkanes) is 4. The van der Waals surface area contributed by atoms with Crippen molar-refractivity contribution in [3.8, 4) is 0 Å². The molecule has 1 heterocycles. The second-order valence-electron chi connectivity index (χ2n) is 5.48. The first kappa shape index (κ1) is 15.0. The third-order valence-electron chi connectivity index (χ3n) is 4.13. The largest absolute Gasteiger partial charge is 0.311 e. The van der Waals surface area contributed by atoms with E-state index in [-0.39, 0.29) is 0 Å². The first-order valence-corrected chi connectivity index (χ1v) is 7.79. The van der Waals surface area contributed by atoms with Crippen LogP contribution in [0.4, 0.5) is 0 Å². The van der Waals surface area contributed by atoms with Crippen molar-refractivity contribution in [2.24, 2.45) is 0 Å². The van der Waals surface area contributed by atoms with Gasteiger partial charge in [0.15, 0.2) is 0 Å². The second-order valence-corrected chi connectivity index (χ2v) is 5.48. The summed E-state index contributed by atoms with van der Waals surface area (Å²) in [6.07, 6.45) is 9.56. The van der Waals surface area contributed by atoms with E-state index in [9.17, 15) is 0 Å². The lowest BCUT2D eigenvalue weighted by molar-refractivity contribution is 0.122. The fourth-order valence-corrected chi connectivity index (χ4v) is 2.80. The third kappa shape index (κ3) is 5.39.